The molecule has 0 heterocycles. The molecule has 2 heteroatoms. The van der Waals surface area contributed by atoms with E-state index >= 15 is 0 Å². The van der Waals surface area contributed by atoms with Gasteiger partial charge in [-0.05, 0) is 51.4 Å². The van der Waals surface area contributed by atoms with Crippen molar-refractivity contribution < 1.29 is 0 Å². The minimum Gasteiger partial charge on any atom is -0.306 e. The third-order valence-corrected chi connectivity index (χ3v) is 5.36. The first-order valence-corrected chi connectivity index (χ1v) is 8.13. The predicted molar refractivity (Wildman–Crippen MR) is 87.7 cm³/mol. The maximum atomic E-state index is 2.51. The molecule has 0 aliphatic heterocycles. The van der Waals surface area contributed by atoms with Gasteiger partial charge in [0.2, 0.25) is 0 Å². The zero-order valence-corrected chi connectivity index (χ0v) is 15.0. The van der Waals surface area contributed by atoms with E-state index in [0.29, 0.717) is 11.5 Å². The Morgan fingerprint density at radius 1 is 0.947 bits per heavy atom. The average molecular weight is 271 g/mol. The Morgan fingerprint density at radius 2 is 1.47 bits per heavy atom. The van der Waals surface area contributed by atoms with Crippen LogP contribution in [-0.2, 0) is 0 Å². The van der Waals surface area contributed by atoms with Crippen molar-refractivity contribution in [1.82, 2.24) is 9.80 Å². The Morgan fingerprint density at radius 3 is 1.79 bits per heavy atom. The molecule has 3 atom stereocenters. The first kappa shape index (κ1) is 18.9. The van der Waals surface area contributed by atoms with Gasteiger partial charge in [0.05, 0.1) is 0 Å². The maximum absolute atomic E-state index is 2.51. The molecule has 0 radical (unpaired) electrons. The van der Waals surface area contributed by atoms with Crippen LogP contribution >= 0.6 is 0 Å². The second kappa shape index (κ2) is 8.26. The van der Waals surface area contributed by atoms with Crippen molar-refractivity contribution in [2.24, 2.45) is 17.3 Å². The Kier molecular flexibility index (Phi) is 8.23. The van der Waals surface area contributed by atoms with E-state index < -0.39 is 0 Å². The summed E-state index contributed by atoms with van der Waals surface area (Å²) in [5.41, 5.74) is 0.346. The Bertz CT molecular complexity index is 239. The van der Waals surface area contributed by atoms with Gasteiger partial charge < -0.3 is 9.80 Å². The highest BCUT2D eigenvalue weighted by Gasteiger charge is 2.41. The Labute approximate surface area is 122 Å². The number of hydrogen-bond donors (Lipinski definition) is 0. The Hall–Kier alpha value is -0.0800. The number of rotatable bonds is 9. The van der Waals surface area contributed by atoms with E-state index in [1.807, 2.05) is 0 Å². The summed E-state index contributed by atoms with van der Waals surface area (Å²) in [5.74, 6) is 1.51. The summed E-state index contributed by atoms with van der Waals surface area (Å²) in [7, 11) is 4.52. The van der Waals surface area contributed by atoms with Crippen LogP contribution in [-0.4, -0.2) is 49.6 Å². The van der Waals surface area contributed by atoms with Gasteiger partial charge >= 0.3 is 0 Å². The molecule has 0 aliphatic carbocycles. The fourth-order valence-corrected chi connectivity index (χ4v) is 3.73. The van der Waals surface area contributed by atoms with Crippen molar-refractivity contribution in [3.63, 3.8) is 0 Å². The van der Waals surface area contributed by atoms with Gasteiger partial charge in [-0.3, -0.25) is 0 Å². The predicted octanol–water partition coefficient (Wildman–Crippen LogP) is 3.97. The zero-order valence-electron chi connectivity index (χ0n) is 15.0. The largest absolute Gasteiger partial charge is 0.306 e. The second-order valence-corrected chi connectivity index (χ2v) is 6.84. The minimum atomic E-state index is 0.346. The van der Waals surface area contributed by atoms with E-state index in [9.17, 15) is 0 Å². The van der Waals surface area contributed by atoms with Gasteiger partial charge in [-0.1, -0.05) is 48.0 Å². The van der Waals surface area contributed by atoms with Crippen molar-refractivity contribution in [3.05, 3.63) is 0 Å². The first-order chi connectivity index (χ1) is 8.74. The SMILES string of the molecule is CCC(C(C)C)C(C)(CN(C)CC)C(C)N(C)CC. The monoisotopic (exact) mass is 270 g/mol. The van der Waals surface area contributed by atoms with E-state index in [-0.39, 0.29) is 0 Å². The first-order valence-electron chi connectivity index (χ1n) is 8.13. The quantitative estimate of drug-likeness (QED) is 0.625. The smallest absolute Gasteiger partial charge is 0.0133 e. The molecule has 0 fully saturated rings. The van der Waals surface area contributed by atoms with E-state index in [4.69, 9.17) is 0 Å². The van der Waals surface area contributed by atoms with Crippen molar-refractivity contribution in [3.8, 4) is 0 Å². The van der Waals surface area contributed by atoms with Crippen LogP contribution in [0.1, 0.15) is 54.9 Å². The van der Waals surface area contributed by atoms with Crippen LogP contribution in [0, 0.1) is 17.3 Å². The van der Waals surface area contributed by atoms with Crippen molar-refractivity contribution in [2.45, 2.75) is 60.9 Å². The zero-order chi connectivity index (χ0) is 15.2. The van der Waals surface area contributed by atoms with Crippen LogP contribution in [0.15, 0.2) is 0 Å². The molecule has 2 nitrogen and oxygen atoms in total. The minimum absolute atomic E-state index is 0.346. The highest BCUT2D eigenvalue weighted by atomic mass is 15.2. The molecule has 0 aromatic rings. The lowest BCUT2D eigenvalue weighted by atomic mass is 9.65. The van der Waals surface area contributed by atoms with Gasteiger partial charge in [0.25, 0.3) is 0 Å². The molecule has 0 aromatic heterocycles. The summed E-state index contributed by atoms with van der Waals surface area (Å²) >= 11 is 0. The molecule has 116 valence electrons. The fraction of sp³-hybridized carbons (Fsp3) is 1.00. The van der Waals surface area contributed by atoms with E-state index in [1.54, 1.807) is 0 Å². The molecule has 0 amide bonds. The second-order valence-electron chi connectivity index (χ2n) is 6.84. The van der Waals surface area contributed by atoms with Crippen LogP contribution in [0.2, 0.25) is 0 Å². The van der Waals surface area contributed by atoms with E-state index in [2.05, 4.69) is 72.4 Å². The third kappa shape index (κ3) is 4.75. The molecule has 0 aromatic carbocycles. The lowest BCUT2D eigenvalue weighted by molar-refractivity contribution is 0.00401. The van der Waals surface area contributed by atoms with E-state index in [1.165, 1.54) is 13.0 Å². The number of nitrogens with zero attached hydrogens (tertiary/aromatic N) is 2. The molecule has 3 unspecified atom stereocenters. The van der Waals surface area contributed by atoms with Crippen molar-refractivity contribution >= 4 is 0 Å². The van der Waals surface area contributed by atoms with E-state index in [0.717, 1.165) is 24.9 Å². The van der Waals surface area contributed by atoms with Crippen LogP contribution in [0.3, 0.4) is 0 Å². The Balaban J connectivity index is 5.31. The summed E-state index contributed by atoms with van der Waals surface area (Å²) in [6.45, 7) is 20.0. The topological polar surface area (TPSA) is 6.48 Å². The standard InChI is InChI=1S/C17H38N2/c1-10-16(14(4)5)17(7,13-18(8)11-2)15(6)19(9)12-3/h14-16H,10-13H2,1-9H3. The van der Waals surface area contributed by atoms with Crippen LogP contribution < -0.4 is 0 Å². The molecule has 19 heavy (non-hydrogen) atoms. The van der Waals surface area contributed by atoms with Gasteiger partial charge in [-0.15, -0.1) is 0 Å². The maximum Gasteiger partial charge on any atom is 0.0133 e. The normalized spacial score (nSPS) is 18.9. The van der Waals surface area contributed by atoms with Crippen molar-refractivity contribution in [2.75, 3.05) is 33.7 Å². The summed E-state index contributed by atoms with van der Waals surface area (Å²) in [6.07, 6.45) is 1.27. The van der Waals surface area contributed by atoms with Crippen LogP contribution in [0.5, 0.6) is 0 Å². The molecule has 0 rings (SSSR count). The molecule has 0 saturated carbocycles. The lowest BCUT2D eigenvalue weighted by Gasteiger charge is -2.49. The van der Waals surface area contributed by atoms with Crippen LogP contribution in [0.4, 0.5) is 0 Å². The van der Waals surface area contributed by atoms with Crippen molar-refractivity contribution in [1.29, 1.82) is 0 Å². The molecular formula is C17H38N2. The summed E-state index contributed by atoms with van der Waals surface area (Å²) in [6, 6.07) is 0.610. The fourth-order valence-electron chi connectivity index (χ4n) is 3.73. The molecule has 0 saturated heterocycles. The molecule has 0 aliphatic rings. The molecule has 0 spiro atoms. The van der Waals surface area contributed by atoms with Gasteiger partial charge in [-0.25, -0.2) is 0 Å². The highest BCUT2D eigenvalue weighted by molar-refractivity contribution is 4.94. The molecular weight excluding hydrogens is 232 g/mol. The summed E-state index contributed by atoms with van der Waals surface area (Å²) < 4.78 is 0. The molecule has 0 bridgehead atoms. The van der Waals surface area contributed by atoms with Gasteiger partial charge in [0.15, 0.2) is 0 Å². The van der Waals surface area contributed by atoms with Crippen LogP contribution in [0.25, 0.3) is 0 Å². The van der Waals surface area contributed by atoms with Gasteiger partial charge in [0, 0.05) is 12.6 Å². The molecule has 0 N–H and O–H groups in total. The van der Waals surface area contributed by atoms with Gasteiger partial charge in [-0.2, -0.15) is 0 Å². The lowest BCUT2D eigenvalue weighted by Crippen LogP contribution is -2.53. The third-order valence-electron chi connectivity index (χ3n) is 5.36. The number of hydrogen-bond acceptors (Lipinski definition) is 2. The summed E-state index contributed by atoms with van der Waals surface area (Å²) in [5, 5.41) is 0. The van der Waals surface area contributed by atoms with Gasteiger partial charge in [0.1, 0.15) is 0 Å². The summed E-state index contributed by atoms with van der Waals surface area (Å²) in [4.78, 5) is 4.99. The highest BCUT2D eigenvalue weighted by Crippen LogP contribution is 2.40. The average Bonchev–Trinajstić information content (AvgIpc) is 2.36.